The van der Waals surface area contributed by atoms with Gasteiger partial charge < -0.3 is 15.4 Å². The van der Waals surface area contributed by atoms with Gasteiger partial charge in [-0.25, -0.2) is 0 Å². The number of hydrogen-bond acceptors (Lipinski definition) is 4. The number of rotatable bonds is 6. The van der Waals surface area contributed by atoms with Crippen LogP contribution in [0.2, 0.25) is 0 Å². The highest BCUT2D eigenvalue weighted by Gasteiger charge is 2.31. The zero-order valence-electron chi connectivity index (χ0n) is 13.1. The van der Waals surface area contributed by atoms with Gasteiger partial charge in [0.25, 0.3) is 0 Å². The number of amides is 2. The minimum Gasteiger partial charge on any atom is -0.494 e. The number of piperazine rings is 1. The Hall–Kier alpha value is -2.08. The molecule has 6 heteroatoms. The van der Waals surface area contributed by atoms with E-state index >= 15 is 0 Å². The number of ether oxygens (including phenoxy) is 1. The Bertz CT molecular complexity index is 516. The van der Waals surface area contributed by atoms with Gasteiger partial charge >= 0.3 is 0 Å². The number of benzene rings is 1. The van der Waals surface area contributed by atoms with Crippen LogP contribution in [-0.4, -0.2) is 49.5 Å². The predicted molar refractivity (Wildman–Crippen MR) is 83.5 cm³/mol. The van der Waals surface area contributed by atoms with Gasteiger partial charge in [-0.3, -0.25) is 14.5 Å². The fourth-order valence-electron chi connectivity index (χ4n) is 2.54. The molecule has 1 unspecified atom stereocenters. The third-order valence-electron chi connectivity index (χ3n) is 3.72. The molecule has 1 atom stereocenters. The molecule has 0 aromatic heterocycles. The summed E-state index contributed by atoms with van der Waals surface area (Å²) in [5.41, 5.74) is 1.10. The molecule has 1 saturated heterocycles. The van der Waals surface area contributed by atoms with Crippen molar-refractivity contribution in [1.29, 1.82) is 0 Å². The Labute approximate surface area is 130 Å². The third-order valence-corrected chi connectivity index (χ3v) is 3.72. The zero-order chi connectivity index (χ0) is 15.9. The Balaban J connectivity index is 2.04. The highest BCUT2D eigenvalue weighted by molar-refractivity contribution is 5.88. The largest absolute Gasteiger partial charge is 0.494 e. The maximum Gasteiger partial charge on any atom is 0.237 e. The molecule has 1 fully saturated rings. The summed E-state index contributed by atoms with van der Waals surface area (Å²) in [5, 5.41) is 5.40. The lowest BCUT2D eigenvalue weighted by atomic mass is 10.1. The van der Waals surface area contributed by atoms with Gasteiger partial charge in [0, 0.05) is 26.7 Å². The highest BCUT2D eigenvalue weighted by atomic mass is 16.5. The fourth-order valence-corrected chi connectivity index (χ4v) is 2.54. The molecule has 1 aromatic carbocycles. The van der Waals surface area contributed by atoms with Crippen molar-refractivity contribution in [2.45, 2.75) is 25.9 Å². The van der Waals surface area contributed by atoms with Gasteiger partial charge in [0.2, 0.25) is 11.8 Å². The van der Waals surface area contributed by atoms with Crippen molar-refractivity contribution in [3.05, 3.63) is 29.8 Å². The van der Waals surface area contributed by atoms with Gasteiger partial charge in [-0.1, -0.05) is 12.1 Å². The second-order valence-corrected chi connectivity index (χ2v) is 5.23. The van der Waals surface area contributed by atoms with Gasteiger partial charge in [-0.15, -0.1) is 0 Å². The van der Waals surface area contributed by atoms with Crippen molar-refractivity contribution in [3.63, 3.8) is 0 Å². The molecule has 0 bridgehead atoms. The molecule has 0 spiro atoms. The van der Waals surface area contributed by atoms with Gasteiger partial charge in [-0.05, 0) is 24.6 Å². The minimum absolute atomic E-state index is 0.0826. The first-order chi connectivity index (χ1) is 10.6. The van der Waals surface area contributed by atoms with E-state index in [1.54, 1.807) is 7.05 Å². The number of nitrogens with zero attached hydrogens (tertiary/aromatic N) is 1. The summed E-state index contributed by atoms with van der Waals surface area (Å²) in [7, 11) is 1.58. The van der Waals surface area contributed by atoms with E-state index < -0.39 is 6.04 Å². The summed E-state index contributed by atoms with van der Waals surface area (Å²) >= 11 is 0. The summed E-state index contributed by atoms with van der Waals surface area (Å²) in [6.07, 6.45) is 0.180. The lowest BCUT2D eigenvalue weighted by Crippen LogP contribution is -2.55. The van der Waals surface area contributed by atoms with Gasteiger partial charge in [-0.2, -0.15) is 0 Å². The number of nitrogens with one attached hydrogen (secondary N) is 2. The second-order valence-electron chi connectivity index (χ2n) is 5.23. The minimum atomic E-state index is -0.416. The summed E-state index contributed by atoms with van der Waals surface area (Å²) < 4.78 is 5.43. The Morgan fingerprint density at radius 2 is 2.14 bits per heavy atom. The van der Waals surface area contributed by atoms with Crippen molar-refractivity contribution in [3.8, 4) is 5.75 Å². The molecule has 1 heterocycles. The van der Waals surface area contributed by atoms with E-state index in [1.807, 2.05) is 36.1 Å². The van der Waals surface area contributed by atoms with Crippen LogP contribution in [0.25, 0.3) is 0 Å². The first-order valence-corrected chi connectivity index (χ1v) is 7.58. The molecule has 22 heavy (non-hydrogen) atoms. The summed E-state index contributed by atoms with van der Waals surface area (Å²) in [6.45, 7) is 4.58. The summed E-state index contributed by atoms with van der Waals surface area (Å²) in [6, 6.07) is 7.43. The van der Waals surface area contributed by atoms with Crippen LogP contribution in [0.3, 0.4) is 0 Å². The monoisotopic (exact) mass is 305 g/mol. The first-order valence-electron chi connectivity index (χ1n) is 7.58. The molecular weight excluding hydrogens is 282 g/mol. The molecule has 2 rings (SSSR count). The molecule has 0 saturated carbocycles. The van der Waals surface area contributed by atoms with Gasteiger partial charge in [0.1, 0.15) is 5.75 Å². The molecule has 120 valence electrons. The van der Waals surface area contributed by atoms with Crippen LogP contribution in [0, 0.1) is 0 Å². The van der Waals surface area contributed by atoms with Gasteiger partial charge in [0.05, 0.1) is 19.1 Å². The molecule has 2 amide bonds. The Morgan fingerprint density at radius 1 is 1.41 bits per heavy atom. The van der Waals surface area contributed by atoms with Crippen LogP contribution in [0.15, 0.2) is 24.3 Å². The van der Waals surface area contributed by atoms with Crippen molar-refractivity contribution in [2.24, 2.45) is 0 Å². The maximum absolute atomic E-state index is 12.0. The van der Waals surface area contributed by atoms with Crippen LogP contribution < -0.4 is 15.4 Å². The standard InChI is InChI=1S/C16H23N3O3/c1-3-22-13-6-4-12(5-7-13)11-19-9-8-18-16(21)14(19)10-15(20)17-2/h4-7,14H,3,8-11H2,1-2H3,(H,17,20)(H,18,21). The van der Waals surface area contributed by atoms with Crippen molar-refractivity contribution >= 4 is 11.8 Å². The normalized spacial score (nSPS) is 18.6. The SMILES string of the molecule is CCOc1ccc(CN2CCNC(=O)C2CC(=O)NC)cc1. The Morgan fingerprint density at radius 3 is 2.77 bits per heavy atom. The predicted octanol–water partition coefficient (Wildman–Crippen LogP) is 0.522. The molecule has 0 aliphatic carbocycles. The fraction of sp³-hybridized carbons (Fsp3) is 0.500. The quantitative estimate of drug-likeness (QED) is 0.804. The number of carbonyl (C=O) groups is 2. The van der Waals surface area contributed by atoms with Crippen LogP contribution in [0.1, 0.15) is 18.9 Å². The summed E-state index contributed by atoms with van der Waals surface area (Å²) in [4.78, 5) is 25.7. The van der Waals surface area contributed by atoms with E-state index in [9.17, 15) is 9.59 Å². The Kier molecular flexibility index (Phi) is 5.77. The van der Waals surface area contributed by atoms with Crippen molar-refractivity contribution < 1.29 is 14.3 Å². The highest BCUT2D eigenvalue weighted by Crippen LogP contribution is 2.17. The van der Waals surface area contributed by atoms with E-state index in [-0.39, 0.29) is 18.2 Å². The van der Waals surface area contributed by atoms with Crippen LogP contribution in [-0.2, 0) is 16.1 Å². The zero-order valence-corrected chi connectivity index (χ0v) is 13.1. The average molecular weight is 305 g/mol. The summed E-state index contributed by atoms with van der Waals surface area (Å²) in [5.74, 6) is 0.629. The van der Waals surface area contributed by atoms with Crippen molar-refractivity contribution in [1.82, 2.24) is 15.5 Å². The third kappa shape index (κ3) is 4.21. The molecule has 0 radical (unpaired) electrons. The average Bonchev–Trinajstić information content (AvgIpc) is 2.52. The van der Waals surface area contributed by atoms with E-state index in [4.69, 9.17) is 4.74 Å². The van der Waals surface area contributed by atoms with Crippen LogP contribution in [0.5, 0.6) is 5.75 Å². The smallest absolute Gasteiger partial charge is 0.237 e. The van der Waals surface area contributed by atoms with Crippen LogP contribution in [0.4, 0.5) is 0 Å². The van der Waals surface area contributed by atoms with E-state index in [1.165, 1.54) is 0 Å². The van der Waals surface area contributed by atoms with E-state index in [2.05, 4.69) is 10.6 Å². The lowest BCUT2D eigenvalue weighted by molar-refractivity contribution is -0.134. The first kappa shape index (κ1) is 16.3. The van der Waals surface area contributed by atoms with E-state index in [0.717, 1.165) is 17.9 Å². The van der Waals surface area contributed by atoms with Gasteiger partial charge in [0.15, 0.2) is 0 Å². The van der Waals surface area contributed by atoms with E-state index in [0.29, 0.717) is 19.7 Å². The second kappa shape index (κ2) is 7.79. The van der Waals surface area contributed by atoms with Crippen molar-refractivity contribution in [2.75, 3.05) is 26.7 Å². The molecule has 1 aliphatic heterocycles. The topological polar surface area (TPSA) is 70.7 Å². The van der Waals surface area contributed by atoms with Crippen LogP contribution >= 0.6 is 0 Å². The number of hydrogen-bond donors (Lipinski definition) is 2. The molecular formula is C16H23N3O3. The molecule has 1 aromatic rings. The maximum atomic E-state index is 12.0. The molecule has 6 nitrogen and oxygen atoms in total. The lowest BCUT2D eigenvalue weighted by Gasteiger charge is -2.34. The molecule has 2 N–H and O–H groups in total. The number of carbonyl (C=O) groups excluding carboxylic acids is 2. The molecule has 1 aliphatic rings.